The Morgan fingerprint density at radius 2 is 2.00 bits per heavy atom. The van der Waals surface area contributed by atoms with Crippen molar-refractivity contribution in [3.63, 3.8) is 0 Å². The van der Waals surface area contributed by atoms with E-state index in [0.717, 1.165) is 11.1 Å². The molecule has 0 N–H and O–H groups in total. The quantitative estimate of drug-likeness (QED) is 0.773. The summed E-state index contributed by atoms with van der Waals surface area (Å²) in [6.07, 6.45) is 6.96. The Morgan fingerprint density at radius 3 is 2.59 bits per heavy atom. The summed E-state index contributed by atoms with van der Waals surface area (Å²) in [4.78, 5) is 14.9. The zero-order valence-corrected chi connectivity index (χ0v) is 9.69. The van der Waals surface area contributed by atoms with Crippen molar-refractivity contribution in [3.05, 3.63) is 64.9 Å². The lowest BCUT2D eigenvalue weighted by atomic mass is 10.1. The van der Waals surface area contributed by atoms with Gasteiger partial charge in [0.15, 0.2) is 0 Å². The van der Waals surface area contributed by atoms with Crippen molar-refractivity contribution in [3.8, 4) is 0 Å². The topological polar surface area (TPSA) is 30.0 Å². The molecular weight excluding hydrogens is 234 g/mol. The average Bonchev–Trinajstić information content (AvgIpc) is 2.39. The van der Waals surface area contributed by atoms with E-state index in [-0.39, 0.29) is 0 Å². The first-order chi connectivity index (χ1) is 8.29. The summed E-state index contributed by atoms with van der Waals surface area (Å²) in [5.74, 6) is 0. The normalized spacial score (nSPS) is 11.2. The third kappa shape index (κ3) is 3.02. The average molecular weight is 243 g/mol. The van der Waals surface area contributed by atoms with Crippen LogP contribution in [0.4, 0.5) is 0 Å². The van der Waals surface area contributed by atoms with E-state index in [9.17, 15) is 4.79 Å². The van der Waals surface area contributed by atoms with Crippen LogP contribution in [0.25, 0.3) is 11.6 Å². The molecule has 1 aromatic heterocycles. The zero-order chi connectivity index (χ0) is 12.1. The molecule has 0 bridgehead atoms. The third-order valence-corrected chi connectivity index (χ3v) is 2.52. The van der Waals surface area contributed by atoms with E-state index in [2.05, 4.69) is 4.98 Å². The highest BCUT2D eigenvalue weighted by Crippen LogP contribution is 2.17. The summed E-state index contributed by atoms with van der Waals surface area (Å²) in [6.45, 7) is 0. The molecule has 1 aromatic carbocycles. The number of pyridine rings is 1. The van der Waals surface area contributed by atoms with E-state index < -0.39 is 0 Å². The summed E-state index contributed by atoms with van der Waals surface area (Å²) in [5.41, 5.74) is 2.12. The Morgan fingerprint density at radius 1 is 1.24 bits per heavy atom. The Kier molecular flexibility index (Phi) is 3.68. The van der Waals surface area contributed by atoms with Crippen molar-refractivity contribution >= 4 is 29.5 Å². The molecule has 0 saturated heterocycles. The van der Waals surface area contributed by atoms with Crippen molar-refractivity contribution in [1.82, 2.24) is 4.98 Å². The number of hydrogen-bond donors (Lipinski definition) is 0. The molecule has 0 aliphatic rings. The maximum absolute atomic E-state index is 10.9. The van der Waals surface area contributed by atoms with Gasteiger partial charge in [-0.05, 0) is 29.8 Å². The minimum atomic E-state index is 0.473. The molecule has 1 heterocycles. The Balaban J connectivity index is 2.36. The van der Waals surface area contributed by atoms with Gasteiger partial charge in [0.05, 0.1) is 0 Å². The number of halogens is 1. The van der Waals surface area contributed by atoms with E-state index >= 15 is 0 Å². The van der Waals surface area contributed by atoms with E-state index in [1.54, 1.807) is 36.7 Å². The predicted octanol–water partition coefficient (Wildman–Crippen LogP) is 3.39. The number of nitrogens with zero attached hydrogens (tertiary/aromatic N) is 1. The largest absolute Gasteiger partial charge is 0.285 e. The van der Waals surface area contributed by atoms with Gasteiger partial charge in [-0.15, -0.1) is 0 Å². The molecule has 2 aromatic rings. The molecule has 83 valence electrons. The van der Waals surface area contributed by atoms with Gasteiger partial charge in [0.1, 0.15) is 0 Å². The van der Waals surface area contributed by atoms with Gasteiger partial charge in [-0.25, -0.2) is 0 Å². The minimum absolute atomic E-state index is 0.473. The van der Waals surface area contributed by atoms with E-state index in [1.165, 1.54) is 0 Å². The van der Waals surface area contributed by atoms with Gasteiger partial charge in [-0.1, -0.05) is 29.8 Å². The second kappa shape index (κ2) is 5.41. The molecule has 2 nitrogen and oxygen atoms in total. The van der Waals surface area contributed by atoms with Crippen LogP contribution in [0.3, 0.4) is 0 Å². The lowest BCUT2D eigenvalue weighted by Gasteiger charge is -1.99. The van der Waals surface area contributed by atoms with Gasteiger partial charge < -0.3 is 0 Å². The first kappa shape index (κ1) is 11.6. The maximum Gasteiger partial charge on any atom is 0.234 e. The second-order valence-electron chi connectivity index (χ2n) is 3.45. The van der Waals surface area contributed by atoms with Gasteiger partial charge >= 0.3 is 0 Å². The smallest absolute Gasteiger partial charge is 0.234 e. The number of carbonyl (C=O) groups excluding carboxylic acids is 1. The Hall–Kier alpha value is -1.93. The van der Waals surface area contributed by atoms with Crippen LogP contribution < -0.4 is 0 Å². The molecular formula is C14H9ClNO. The number of hydrogen-bond acceptors (Lipinski definition) is 2. The molecule has 1 radical (unpaired) electrons. The Labute approximate surface area is 105 Å². The second-order valence-corrected chi connectivity index (χ2v) is 3.89. The molecule has 0 spiro atoms. The molecule has 0 amide bonds. The van der Waals surface area contributed by atoms with Crippen molar-refractivity contribution in [2.24, 2.45) is 0 Å². The third-order valence-electron chi connectivity index (χ3n) is 2.26. The first-order valence-electron chi connectivity index (χ1n) is 5.05. The molecule has 0 aliphatic carbocycles. The summed E-state index contributed by atoms with van der Waals surface area (Å²) < 4.78 is 0. The Bertz CT molecular complexity index is 532. The van der Waals surface area contributed by atoms with Crippen LogP contribution in [0, 0.1) is 0 Å². The minimum Gasteiger partial charge on any atom is -0.285 e. The molecule has 0 unspecified atom stereocenters. The van der Waals surface area contributed by atoms with Crippen LogP contribution in [0.2, 0.25) is 5.02 Å². The van der Waals surface area contributed by atoms with Crippen LogP contribution in [0.5, 0.6) is 0 Å². The fourth-order valence-electron chi connectivity index (χ4n) is 1.42. The van der Waals surface area contributed by atoms with Gasteiger partial charge in [0.2, 0.25) is 6.29 Å². The monoisotopic (exact) mass is 242 g/mol. The van der Waals surface area contributed by atoms with Crippen LogP contribution in [-0.4, -0.2) is 11.3 Å². The molecule has 17 heavy (non-hydrogen) atoms. The first-order valence-corrected chi connectivity index (χ1v) is 5.43. The number of rotatable bonds is 3. The van der Waals surface area contributed by atoms with Crippen molar-refractivity contribution in [2.75, 3.05) is 0 Å². The van der Waals surface area contributed by atoms with Crippen molar-refractivity contribution in [1.29, 1.82) is 0 Å². The number of allylic oxidation sites excluding steroid dienone is 1. The fraction of sp³-hybridized carbons (Fsp3) is 0. The maximum atomic E-state index is 10.9. The van der Waals surface area contributed by atoms with Gasteiger partial charge in [-0.3, -0.25) is 9.78 Å². The highest BCUT2D eigenvalue weighted by molar-refractivity contribution is 6.30. The van der Waals surface area contributed by atoms with Crippen LogP contribution in [0.1, 0.15) is 11.1 Å². The number of aromatic nitrogens is 1. The summed E-state index contributed by atoms with van der Waals surface area (Å²) in [6, 6.07) is 10.8. The molecule has 0 saturated carbocycles. The van der Waals surface area contributed by atoms with Gasteiger partial charge in [0.25, 0.3) is 0 Å². The highest BCUT2D eigenvalue weighted by Gasteiger charge is 2.01. The molecule has 0 fully saturated rings. The molecule has 0 aliphatic heterocycles. The van der Waals surface area contributed by atoms with Gasteiger partial charge in [-0.2, -0.15) is 0 Å². The molecule has 0 atom stereocenters. The highest BCUT2D eigenvalue weighted by atomic mass is 35.5. The SMILES string of the molecule is O=[C]C(=Cc1ccc(Cl)cc1)c1cccnc1. The van der Waals surface area contributed by atoms with E-state index in [0.29, 0.717) is 10.6 Å². The van der Waals surface area contributed by atoms with Gasteiger partial charge in [0, 0.05) is 28.6 Å². The van der Waals surface area contributed by atoms with Crippen LogP contribution in [-0.2, 0) is 4.79 Å². The van der Waals surface area contributed by atoms with Crippen molar-refractivity contribution in [2.45, 2.75) is 0 Å². The summed E-state index contributed by atoms with van der Waals surface area (Å²) >= 11 is 5.79. The van der Waals surface area contributed by atoms with E-state index in [4.69, 9.17) is 11.6 Å². The summed E-state index contributed by atoms with van der Waals surface area (Å²) in [5, 5.41) is 0.667. The van der Waals surface area contributed by atoms with Crippen molar-refractivity contribution < 1.29 is 4.79 Å². The van der Waals surface area contributed by atoms with Crippen LogP contribution in [0.15, 0.2) is 48.8 Å². The lowest BCUT2D eigenvalue weighted by Crippen LogP contribution is -1.86. The van der Waals surface area contributed by atoms with E-state index in [1.807, 2.05) is 24.5 Å². The molecule has 3 heteroatoms. The predicted molar refractivity (Wildman–Crippen MR) is 69.3 cm³/mol. The lowest BCUT2D eigenvalue weighted by molar-refractivity contribution is 0.565. The molecule has 2 rings (SSSR count). The zero-order valence-electron chi connectivity index (χ0n) is 8.93. The van der Waals surface area contributed by atoms with Crippen LogP contribution >= 0.6 is 11.6 Å². The number of benzene rings is 1. The standard InChI is InChI=1S/C14H9ClNO/c15-14-5-3-11(4-6-14)8-13(10-17)12-2-1-7-16-9-12/h1-9H. The summed E-state index contributed by atoms with van der Waals surface area (Å²) in [7, 11) is 0. The fourth-order valence-corrected chi connectivity index (χ4v) is 1.55.